The van der Waals surface area contributed by atoms with E-state index < -0.39 is 11.9 Å². The highest BCUT2D eigenvalue weighted by Gasteiger charge is 2.10. The summed E-state index contributed by atoms with van der Waals surface area (Å²) in [5.74, 6) is -1.43. The summed E-state index contributed by atoms with van der Waals surface area (Å²) in [5, 5.41) is 6.67. The number of amides is 2. The number of esters is 1. The number of ether oxygens (including phenoxy) is 2. The molecule has 0 saturated heterocycles. The zero-order chi connectivity index (χ0) is 14.8. The van der Waals surface area contributed by atoms with Crippen molar-refractivity contribution in [3.05, 3.63) is 22.4 Å². The highest BCUT2D eigenvalue weighted by molar-refractivity contribution is 7.12. The van der Waals surface area contributed by atoms with Crippen molar-refractivity contribution in [2.75, 3.05) is 33.4 Å². The van der Waals surface area contributed by atoms with Crippen LogP contribution in [-0.2, 0) is 19.1 Å². The Labute approximate surface area is 120 Å². The Morgan fingerprint density at radius 2 is 2.10 bits per heavy atom. The number of carbonyl (C=O) groups excluding carboxylic acids is 3. The van der Waals surface area contributed by atoms with E-state index in [1.54, 1.807) is 17.5 Å². The molecule has 1 rings (SSSR count). The highest BCUT2D eigenvalue weighted by atomic mass is 32.1. The summed E-state index contributed by atoms with van der Waals surface area (Å²) in [5.41, 5.74) is 0. The van der Waals surface area contributed by atoms with E-state index in [1.165, 1.54) is 18.4 Å². The minimum absolute atomic E-state index is 0.276. The SMILES string of the molecule is COCCNC(=O)COC(=O)CNC(=O)c1cccs1. The Morgan fingerprint density at radius 3 is 2.75 bits per heavy atom. The topological polar surface area (TPSA) is 93.7 Å². The van der Waals surface area contributed by atoms with Gasteiger partial charge in [0.15, 0.2) is 6.61 Å². The van der Waals surface area contributed by atoms with E-state index in [2.05, 4.69) is 10.6 Å². The van der Waals surface area contributed by atoms with Crippen LogP contribution in [0.15, 0.2) is 17.5 Å². The molecule has 0 bridgehead atoms. The zero-order valence-electron chi connectivity index (χ0n) is 11.0. The molecule has 1 heterocycles. The van der Waals surface area contributed by atoms with Gasteiger partial charge in [0.25, 0.3) is 11.8 Å². The van der Waals surface area contributed by atoms with Crippen LogP contribution in [0.1, 0.15) is 9.67 Å². The van der Waals surface area contributed by atoms with Gasteiger partial charge in [0.05, 0.1) is 11.5 Å². The van der Waals surface area contributed by atoms with Crippen LogP contribution in [0, 0.1) is 0 Å². The quantitative estimate of drug-likeness (QED) is 0.511. The summed E-state index contributed by atoms with van der Waals surface area (Å²) in [6, 6.07) is 3.39. The third kappa shape index (κ3) is 6.30. The number of thiophene rings is 1. The number of nitrogens with one attached hydrogen (secondary N) is 2. The molecule has 0 atom stereocenters. The average molecular weight is 300 g/mol. The first kappa shape index (κ1) is 16.1. The fraction of sp³-hybridized carbons (Fsp3) is 0.417. The van der Waals surface area contributed by atoms with Crippen molar-refractivity contribution in [1.82, 2.24) is 10.6 Å². The molecule has 1 aromatic heterocycles. The average Bonchev–Trinajstić information content (AvgIpc) is 2.97. The summed E-state index contributed by atoms with van der Waals surface area (Å²) < 4.78 is 9.45. The lowest BCUT2D eigenvalue weighted by atomic mass is 10.4. The molecule has 0 spiro atoms. The van der Waals surface area contributed by atoms with E-state index in [1.807, 2.05) is 0 Å². The third-order valence-electron chi connectivity index (χ3n) is 2.13. The molecule has 2 amide bonds. The second-order valence-corrected chi connectivity index (χ2v) is 4.61. The maximum Gasteiger partial charge on any atom is 0.325 e. The van der Waals surface area contributed by atoms with Gasteiger partial charge in [0, 0.05) is 13.7 Å². The summed E-state index contributed by atoms with van der Waals surface area (Å²) in [6.07, 6.45) is 0. The van der Waals surface area contributed by atoms with Gasteiger partial charge in [0.2, 0.25) is 0 Å². The highest BCUT2D eigenvalue weighted by Crippen LogP contribution is 2.07. The lowest BCUT2D eigenvalue weighted by Gasteiger charge is -2.06. The molecule has 8 heteroatoms. The lowest BCUT2D eigenvalue weighted by Crippen LogP contribution is -2.34. The molecule has 0 radical (unpaired) electrons. The first-order valence-corrected chi connectivity index (χ1v) is 6.74. The first-order chi connectivity index (χ1) is 9.63. The van der Waals surface area contributed by atoms with Crippen molar-refractivity contribution in [2.45, 2.75) is 0 Å². The summed E-state index contributed by atoms with van der Waals surface area (Å²) in [6.45, 7) is 0.0814. The standard InChI is InChI=1S/C12H16N2O5S/c1-18-5-4-13-10(15)8-19-11(16)7-14-12(17)9-3-2-6-20-9/h2-3,6H,4-5,7-8H2,1H3,(H,13,15)(H,14,17). The van der Waals surface area contributed by atoms with Crippen LogP contribution in [0.4, 0.5) is 0 Å². The molecular formula is C12H16N2O5S. The van der Waals surface area contributed by atoms with Gasteiger partial charge < -0.3 is 20.1 Å². The van der Waals surface area contributed by atoms with Crippen LogP contribution in [-0.4, -0.2) is 51.2 Å². The maximum atomic E-state index is 11.5. The van der Waals surface area contributed by atoms with Gasteiger partial charge in [-0.3, -0.25) is 14.4 Å². The van der Waals surface area contributed by atoms with Gasteiger partial charge in [-0.05, 0) is 11.4 Å². The Kier molecular flexibility index (Phi) is 7.30. The molecule has 0 aliphatic heterocycles. The van der Waals surface area contributed by atoms with Crippen LogP contribution < -0.4 is 10.6 Å². The first-order valence-electron chi connectivity index (χ1n) is 5.86. The van der Waals surface area contributed by atoms with Crippen molar-refractivity contribution >= 4 is 29.1 Å². The number of methoxy groups -OCH3 is 1. The Balaban J connectivity index is 2.14. The van der Waals surface area contributed by atoms with Crippen LogP contribution in [0.3, 0.4) is 0 Å². The van der Waals surface area contributed by atoms with Gasteiger partial charge in [-0.25, -0.2) is 0 Å². The fourth-order valence-electron chi connectivity index (χ4n) is 1.19. The van der Waals surface area contributed by atoms with E-state index in [0.29, 0.717) is 18.0 Å². The lowest BCUT2D eigenvalue weighted by molar-refractivity contribution is -0.147. The normalized spacial score (nSPS) is 9.85. The molecule has 20 heavy (non-hydrogen) atoms. The number of carbonyl (C=O) groups is 3. The van der Waals surface area contributed by atoms with Crippen molar-refractivity contribution in [3.8, 4) is 0 Å². The van der Waals surface area contributed by atoms with Crippen molar-refractivity contribution < 1.29 is 23.9 Å². The third-order valence-corrected chi connectivity index (χ3v) is 3.00. The Morgan fingerprint density at radius 1 is 1.30 bits per heavy atom. The number of hydrogen-bond acceptors (Lipinski definition) is 6. The van der Waals surface area contributed by atoms with Gasteiger partial charge in [-0.15, -0.1) is 11.3 Å². The van der Waals surface area contributed by atoms with E-state index in [9.17, 15) is 14.4 Å². The van der Waals surface area contributed by atoms with E-state index in [-0.39, 0.29) is 19.1 Å². The van der Waals surface area contributed by atoms with Crippen molar-refractivity contribution in [1.29, 1.82) is 0 Å². The molecule has 0 aliphatic rings. The van der Waals surface area contributed by atoms with Crippen LogP contribution in [0.5, 0.6) is 0 Å². The largest absolute Gasteiger partial charge is 0.454 e. The van der Waals surface area contributed by atoms with Gasteiger partial charge in [0.1, 0.15) is 6.54 Å². The molecule has 0 unspecified atom stereocenters. The summed E-state index contributed by atoms with van der Waals surface area (Å²) in [4.78, 5) is 34.6. The smallest absolute Gasteiger partial charge is 0.325 e. The minimum Gasteiger partial charge on any atom is -0.454 e. The van der Waals surface area contributed by atoms with Gasteiger partial charge in [-0.1, -0.05) is 6.07 Å². The van der Waals surface area contributed by atoms with Gasteiger partial charge in [-0.2, -0.15) is 0 Å². The Hall–Kier alpha value is -1.93. The van der Waals surface area contributed by atoms with E-state index >= 15 is 0 Å². The van der Waals surface area contributed by atoms with Crippen molar-refractivity contribution in [3.63, 3.8) is 0 Å². The number of rotatable bonds is 8. The van der Waals surface area contributed by atoms with Crippen LogP contribution in [0.2, 0.25) is 0 Å². The zero-order valence-corrected chi connectivity index (χ0v) is 11.8. The second-order valence-electron chi connectivity index (χ2n) is 3.66. The summed E-state index contributed by atoms with van der Waals surface area (Å²) in [7, 11) is 1.52. The molecule has 0 fully saturated rings. The van der Waals surface area contributed by atoms with E-state index in [4.69, 9.17) is 9.47 Å². The molecule has 1 aromatic rings. The van der Waals surface area contributed by atoms with Crippen LogP contribution in [0.25, 0.3) is 0 Å². The molecule has 2 N–H and O–H groups in total. The molecule has 0 aromatic carbocycles. The van der Waals surface area contributed by atoms with Crippen molar-refractivity contribution in [2.24, 2.45) is 0 Å². The predicted molar refractivity (Wildman–Crippen MR) is 72.5 cm³/mol. The minimum atomic E-state index is -0.670. The second kappa shape index (κ2) is 9.05. The van der Waals surface area contributed by atoms with Crippen LogP contribution >= 0.6 is 11.3 Å². The Bertz CT molecular complexity index is 447. The molecule has 0 saturated carbocycles. The molecular weight excluding hydrogens is 284 g/mol. The predicted octanol–water partition coefficient (Wildman–Crippen LogP) is -0.216. The summed E-state index contributed by atoms with van der Waals surface area (Å²) >= 11 is 1.27. The molecule has 7 nitrogen and oxygen atoms in total. The fourth-order valence-corrected chi connectivity index (χ4v) is 1.83. The van der Waals surface area contributed by atoms with E-state index in [0.717, 1.165) is 0 Å². The molecule has 110 valence electrons. The molecule has 0 aliphatic carbocycles. The van der Waals surface area contributed by atoms with Gasteiger partial charge >= 0.3 is 5.97 Å². The number of hydrogen-bond donors (Lipinski definition) is 2. The monoisotopic (exact) mass is 300 g/mol. The maximum absolute atomic E-state index is 11.5.